The maximum absolute atomic E-state index is 12.8. The van der Waals surface area contributed by atoms with Gasteiger partial charge in [0.25, 0.3) is 0 Å². The van der Waals surface area contributed by atoms with Crippen LogP contribution in [0.1, 0.15) is 13.8 Å². The van der Waals surface area contributed by atoms with Crippen molar-refractivity contribution in [3.8, 4) is 0 Å². The monoisotopic (exact) mass is 210 g/mol. The first kappa shape index (κ1) is 11.7. The van der Waals surface area contributed by atoms with E-state index in [1.807, 2.05) is 13.8 Å². The first-order valence-corrected chi connectivity index (χ1v) is 4.82. The molecule has 0 heterocycles. The quantitative estimate of drug-likeness (QED) is 0.798. The van der Waals surface area contributed by atoms with Crippen molar-refractivity contribution in [1.29, 1.82) is 0 Å². The molecule has 3 N–H and O–H groups in total. The largest absolute Gasteiger partial charge is 0.325 e. The van der Waals surface area contributed by atoms with Gasteiger partial charge >= 0.3 is 0 Å². The second kappa shape index (κ2) is 4.89. The summed E-state index contributed by atoms with van der Waals surface area (Å²) in [5.41, 5.74) is 6.07. The number of hydrogen-bond donors (Lipinski definition) is 2. The van der Waals surface area contributed by atoms with E-state index in [0.717, 1.165) is 0 Å². The van der Waals surface area contributed by atoms with Crippen LogP contribution in [0.15, 0.2) is 24.3 Å². The minimum absolute atomic E-state index is 0.0542. The van der Waals surface area contributed by atoms with Crippen molar-refractivity contribution in [3.63, 3.8) is 0 Å². The van der Waals surface area contributed by atoms with Crippen LogP contribution in [0.4, 0.5) is 10.1 Å². The van der Waals surface area contributed by atoms with Crippen molar-refractivity contribution in [2.45, 2.75) is 19.9 Å². The second-order valence-corrected chi connectivity index (χ2v) is 3.77. The molecule has 82 valence electrons. The van der Waals surface area contributed by atoms with Crippen molar-refractivity contribution in [2.24, 2.45) is 11.7 Å². The molecule has 1 aromatic carbocycles. The first-order chi connectivity index (χ1) is 7.00. The van der Waals surface area contributed by atoms with E-state index in [1.54, 1.807) is 6.07 Å². The Hall–Kier alpha value is -1.42. The summed E-state index contributed by atoms with van der Waals surface area (Å²) in [5, 5.41) is 2.56. The molecule has 0 fully saturated rings. The van der Waals surface area contributed by atoms with Crippen LogP contribution in [0, 0.1) is 11.7 Å². The number of nitrogens with two attached hydrogens (primary N) is 1. The zero-order valence-corrected chi connectivity index (χ0v) is 8.83. The minimum atomic E-state index is -0.576. The number of nitrogens with one attached hydrogen (secondary N) is 1. The Morgan fingerprint density at radius 1 is 1.47 bits per heavy atom. The van der Waals surface area contributed by atoms with Gasteiger partial charge in [-0.2, -0.15) is 0 Å². The van der Waals surface area contributed by atoms with Crippen LogP contribution >= 0.6 is 0 Å². The van der Waals surface area contributed by atoms with Crippen LogP contribution in [0.5, 0.6) is 0 Å². The van der Waals surface area contributed by atoms with Gasteiger partial charge in [-0.3, -0.25) is 4.79 Å². The number of amides is 1. The van der Waals surface area contributed by atoms with E-state index in [9.17, 15) is 9.18 Å². The summed E-state index contributed by atoms with van der Waals surface area (Å²) in [6.07, 6.45) is 0. The Kier molecular flexibility index (Phi) is 3.80. The van der Waals surface area contributed by atoms with Crippen LogP contribution in [0.2, 0.25) is 0 Å². The molecule has 0 spiro atoms. The molecule has 4 heteroatoms. The predicted octanol–water partition coefficient (Wildman–Crippen LogP) is 1.75. The van der Waals surface area contributed by atoms with Gasteiger partial charge in [-0.25, -0.2) is 4.39 Å². The van der Waals surface area contributed by atoms with Gasteiger partial charge in [0, 0.05) is 5.69 Å². The molecule has 1 rings (SSSR count). The molecule has 0 aliphatic carbocycles. The SMILES string of the molecule is CC(C)[C@H](N)C(=O)Nc1cccc(F)c1. The molecule has 0 aromatic heterocycles. The lowest BCUT2D eigenvalue weighted by molar-refractivity contribution is -0.118. The van der Waals surface area contributed by atoms with Crippen LogP contribution in [-0.2, 0) is 4.79 Å². The normalized spacial score (nSPS) is 12.6. The Bertz CT molecular complexity index is 352. The highest BCUT2D eigenvalue weighted by Gasteiger charge is 2.16. The highest BCUT2D eigenvalue weighted by Crippen LogP contribution is 2.10. The molecule has 0 bridgehead atoms. The number of benzene rings is 1. The van der Waals surface area contributed by atoms with Crippen molar-refractivity contribution in [3.05, 3.63) is 30.1 Å². The molecule has 0 aliphatic heterocycles. The van der Waals surface area contributed by atoms with Crippen molar-refractivity contribution in [1.82, 2.24) is 0 Å². The zero-order chi connectivity index (χ0) is 11.4. The molecule has 15 heavy (non-hydrogen) atoms. The van der Waals surface area contributed by atoms with Gasteiger partial charge in [0.2, 0.25) is 5.91 Å². The first-order valence-electron chi connectivity index (χ1n) is 4.82. The van der Waals surface area contributed by atoms with E-state index in [1.165, 1.54) is 18.2 Å². The van der Waals surface area contributed by atoms with E-state index in [2.05, 4.69) is 5.32 Å². The van der Waals surface area contributed by atoms with Crippen LogP contribution in [-0.4, -0.2) is 11.9 Å². The van der Waals surface area contributed by atoms with Crippen LogP contribution < -0.4 is 11.1 Å². The van der Waals surface area contributed by atoms with Gasteiger partial charge in [0.05, 0.1) is 6.04 Å². The zero-order valence-electron chi connectivity index (χ0n) is 8.83. The van der Waals surface area contributed by atoms with Crippen LogP contribution in [0.3, 0.4) is 0 Å². The standard InChI is InChI=1S/C11H15FN2O/c1-7(2)10(13)11(15)14-9-5-3-4-8(12)6-9/h3-7,10H,13H2,1-2H3,(H,14,15)/t10-/m0/s1. The highest BCUT2D eigenvalue weighted by atomic mass is 19.1. The Morgan fingerprint density at radius 2 is 2.13 bits per heavy atom. The topological polar surface area (TPSA) is 55.1 Å². The van der Waals surface area contributed by atoms with E-state index in [4.69, 9.17) is 5.73 Å². The lowest BCUT2D eigenvalue weighted by Gasteiger charge is -2.15. The molecule has 1 atom stereocenters. The molecule has 3 nitrogen and oxygen atoms in total. The minimum Gasteiger partial charge on any atom is -0.325 e. The average molecular weight is 210 g/mol. The summed E-state index contributed by atoms with van der Waals surface area (Å²) in [4.78, 5) is 11.5. The van der Waals surface area contributed by atoms with Crippen molar-refractivity contribution >= 4 is 11.6 Å². The highest BCUT2D eigenvalue weighted by molar-refractivity contribution is 5.94. The number of carbonyl (C=O) groups excluding carboxylic acids is 1. The van der Waals surface area contributed by atoms with E-state index in [0.29, 0.717) is 5.69 Å². The number of hydrogen-bond acceptors (Lipinski definition) is 2. The number of carbonyl (C=O) groups is 1. The third-order valence-corrected chi connectivity index (χ3v) is 2.11. The number of rotatable bonds is 3. The number of anilines is 1. The summed E-state index contributed by atoms with van der Waals surface area (Å²) in [5.74, 6) is -0.625. The van der Waals surface area contributed by atoms with Crippen LogP contribution in [0.25, 0.3) is 0 Å². The third-order valence-electron chi connectivity index (χ3n) is 2.11. The summed E-state index contributed by atoms with van der Waals surface area (Å²) in [6.45, 7) is 3.71. The Balaban J connectivity index is 2.66. The molecular formula is C11H15FN2O. The summed E-state index contributed by atoms with van der Waals surface area (Å²) in [6, 6.07) is 5.15. The molecule has 0 saturated carbocycles. The fraction of sp³-hybridized carbons (Fsp3) is 0.364. The lowest BCUT2D eigenvalue weighted by Crippen LogP contribution is -2.39. The maximum atomic E-state index is 12.8. The molecule has 0 unspecified atom stereocenters. The molecule has 1 aromatic rings. The molecule has 1 amide bonds. The number of halogens is 1. The van der Waals surface area contributed by atoms with Gasteiger partial charge in [-0.15, -0.1) is 0 Å². The van der Waals surface area contributed by atoms with Gasteiger partial charge < -0.3 is 11.1 Å². The van der Waals surface area contributed by atoms with Crippen molar-refractivity contribution in [2.75, 3.05) is 5.32 Å². The maximum Gasteiger partial charge on any atom is 0.241 e. The Morgan fingerprint density at radius 3 is 2.67 bits per heavy atom. The van der Waals surface area contributed by atoms with Gasteiger partial charge in [-0.05, 0) is 24.1 Å². The van der Waals surface area contributed by atoms with Gasteiger partial charge in [0.15, 0.2) is 0 Å². The Labute approximate surface area is 88.5 Å². The van der Waals surface area contributed by atoms with E-state index >= 15 is 0 Å². The fourth-order valence-electron chi connectivity index (χ4n) is 1.09. The third kappa shape index (κ3) is 3.32. The van der Waals surface area contributed by atoms with Gasteiger partial charge in [0.1, 0.15) is 5.82 Å². The van der Waals surface area contributed by atoms with E-state index < -0.39 is 6.04 Å². The smallest absolute Gasteiger partial charge is 0.241 e. The molecule has 0 radical (unpaired) electrons. The molecule has 0 saturated heterocycles. The average Bonchev–Trinajstić information content (AvgIpc) is 2.16. The molecular weight excluding hydrogens is 195 g/mol. The summed E-state index contributed by atoms with van der Waals surface area (Å²) >= 11 is 0. The van der Waals surface area contributed by atoms with Gasteiger partial charge in [-0.1, -0.05) is 19.9 Å². The predicted molar refractivity (Wildman–Crippen MR) is 57.8 cm³/mol. The lowest BCUT2D eigenvalue weighted by atomic mass is 10.1. The second-order valence-electron chi connectivity index (χ2n) is 3.77. The molecule has 0 aliphatic rings. The summed E-state index contributed by atoms with van der Waals surface area (Å²) < 4.78 is 12.8. The van der Waals surface area contributed by atoms with Crippen molar-refractivity contribution < 1.29 is 9.18 Å². The summed E-state index contributed by atoms with van der Waals surface area (Å²) in [7, 11) is 0. The fourth-order valence-corrected chi connectivity index (χ4v) is 1.09. The van der Waals surface area contributed by atoms with E-state index in [-0.39, 0.29) is 17.6 Å².